The Hall–Kier alpha value is 0.0300. The summed E-state index contributed by atoms with van der Waals surface area (Å²) in [4.78, 5) is 0. The van der Waals surface area contributed by atoms with E-state index in [-0.39, 0.29) is 0 Å². The zero-order chi connectivity index (χ0) is 11.1. The SMILES string of the molecule is CP1(=O)C(O)[C@@H](O)[C@@H](O)[C@H](O)[C@@H]1CO. The molecule has 0 bridgehead atoms. The van der Waals surface area contributed by atoms with Gasteiger partial charge in [0, 0.05) is 0 Å². The van der Waals surface area contributed by atoms with Gasteiger partial charge in [0.05, 0.1) is 18.4 Å². The van der Waals surface area contributed by atoms with Gasteiger partial charge in [0.2, 0.25) is 0 Å². The summed E-state index contributed by atoms with van der Waals surface area (Å²) in [5.74, 6) is -1.60. The number of hydrogen-bond donors (Lipinski definition) is 5. The van der Waals surface area contributed by atoms with E-state index in [0.717, 1.165) is 0 Å². The second-order valence-electron chi connectivity index (χ2n) is 3.69. The van der Waals surface area contributed by atoms with Gasteiger partial charge in [-0.3, -0.25) is 0 Å². The maximum atomic E-state index is 11.9. The lowest BCUT2D eigenvalue weighted by molar-refractivity contribution is -0.101. The molecule has 84 valence electrons. The fourth-order valence-electron chi connectivity index (χ4n) is 1.68. The van der Waals surface area contributed by atoms with Gasteiger partial charge in [0.1, 0.15) is 25.2 Å². The number of hydrogen-bond acceptors (Lipinski definition) is 6. The summed E-state index contributed by atoms with van der Waals surface area (Å²) in [7, 11) is -3.29. The predicted molar refractivity (Wildman–Crippen MR) is 48.4 cm³/mol. The first-order valence-electron chi connectivity index (χ1n) is 4.24. The second-order valence-corrected chi connectivity index (χ2v) is 7.00. The molecule has 7 heteroatoms. The minimum atomic E-state index is -3.29. The third kappa shape index (κ3) is 1.62. The molecule has 1 fully saturated rings. The molecule has 0 amide bonds. The van der Waals surface area contributed by atoms with Crippen molar-refractivity contribution >= 4 is 7.14 Å². The van der Waals surface area contributed by atoms with Crippen LogP contribution in [0.15, 0.2) is 0 Å². The van der Waals surface area contributed by atoms with Crippen molar-refractivity contribution in [3.63, 3.8) is 0 Å². The predicted octanol–water partition coefficient (Wildman–Crippen LogP) is -2.25. The first kappa shape index (κ1) is 12.1. The normalized spacial score (nSPS) is 54.6. The van der Waals surface area contributed by atoms with Crippen LogP contribution >= 0.6 is 7.14 Å². The summed E-state index contributed by atoms with van der Waals surface area (Å²) >= 11 is 0. The van der Waals surface area contributed by atoms with E-state index in [1.54, 1.807) is 0 Å². The summed E-state index contributed by atoms with van der Waals surface area (Å²) in [5, 5.41) is 46.2. The molecule has 0 radical (unpaired) electrons. The largest absolute Gasteiger partial charge is 0.395 e. The Kier molecular flexibility index (Phi) is 3.36. The quantitative estimate of drug-likeness (QED) is 0.322. The summed E-state index contributed by atoms with van der Waals surface area (Å²) < 4.78 is 11.9. The molecule has 0 aromatic heterocycles. The molecule has 1 aliphatic rings. The third-order valence-corrected chi connectivity index (χ3v) is 5.91. The molecule has 2 unspecified atom stereocenters. The molecule has 0 aromatic rings. The zero-order valence-corrected chi connectivity index (χ0v) is 8.58. The van der Waals surface area contributed by atoms with Crippen molar-refractivity contribution in [1.82, 2.24) is 0 Å². The maximum Gasteiger partial charge on any atom is 0.135 e. The summed E-state index contributed by atoms with van der Waals surface area (Å²) in [6.45, 7) is 0.590. The van der Waals surface area contributed by atoms with Crippen LogP contribution in [0.4, 0.5) is 0 Å². The van der Waals surface area contributed by atoms with Gasteiger partial charge >= 0.3 is 0 Å². The molecular formula is C7H15O6P. The van der Waals surface area contributed by atoms with Crippen LogP contribution in [0, 0.1) is 0 Å². The Labute approximate surface area is 81.2 Å². The minimum Gasteiger partial charge on any atom is -0.395 e. The van der Waals surface area contributed by atoms with Crippen molar-refractivity contribution < 1.29 is 30.1 Å². The average Bonchev–Trinajstić information content (AvgIpc) is 2.13. The van der Waals surface area contributed by atoms with Gasteiger partial charge in [-0.05, 0) is 6.66 Å². The van der Waals surface area contributed by atoms with E-state index in [1.165, 1.54) is 6.66 Å². The lowest BCUT2D eigenvalue weighted by Gasteiger charge is -2.42. The number of aliphatic hydroxyl groups excluding tert-OH is 5. The van der Waals surface area contributed by atoms with E-state index < -0.39 is 43.6 Å². The highest BCUT2D eigenvalue weighted by Gasteiger charge is 2.52. The van der Waals surface area contributed by atoms with Crippen LogP contribution in [0.2, 0.25) is 0 Å². The van der Waals surface area contributed by atoms with Crippen LogP contribution in [0.3, 0.4) is 0 Å². The molecule has 1 rings (SSSR count). The molecule has 5 N–H and O–H groups in total. The van der Waals surface area contributed by atoms with Gasteiger partial charge in [-0.25, -0.2) is 0 Å². The van der Waals surface area contributed by atoms with Crippen LogP contribution in [0.5, 0.6) is 0 Å². The number of aliphatic hydroxyl groups is 5. The maximum absolute atomic E-state index is 11.9. The minimum absolute atomic E-state index is 0.601. The Balaban J connectivity index is 3.03. The van der Waals surface area contributed by atoms with Gasteiger partial charge in [-0.15, -0.1) is 0 Å². The van der Waals surface area contributed by atoms with Crippen LogP contribution < -0.4 is 0 Å². The lowest BCUT2D eigenvalue weighted by Crippen LogP contribution is -2.56. The van der Waals surface area contributed by atoms with Gasteiger partial charge < -0.3 is 30.1 Å². The van der Waals surface area contributed by atoms with Crippen LogP contribution in [0.25, 0.3) is 0 Å². The smallest absolute Gasteiger partial charge is 0.135 e. The fourth-order valence-corrected chi connectivity index (χ4v) is 3.96. The topological polar surface area (TPSA) is 118 Å². The summed E-state index contributed by atoms with van der Waals surface area (Å²) in [6, 6.07) is 0. The Morgan fingerprint density at radius 2 is 1.57 bits per heavy atom. The molecule has 1 aliphatic heterocycles. The van der Waals surface area contributed by atoms with Crippen molar-refractivity contribution in [3.8, 4) is 0 Å². The van der Waals surface area contributed by atoms with Crippen LogP contribution in [-0.4, -0.2) is 68.6 Å². The second kappa shape index (κ2) is 3.89. The van der Waals surface area contributed by atoms with E-state index >= 15 is 0 Å². The Morgan fingerprint density at radius 3 is 2.00 bits per heavy atom. The highest BCUT2D eigenvalue weighted by molar-refractivity contribution is 7.64. The van der Waals surface area contributed by atoms with Crippen molar-refractivity contribution in [2.75, 3.05) is 13.3 Å². The standard InChI is InChI=1S/C7H15O6P/c1-14(13)3(2-8)4(9)5(10)6(11)7(14)12/h3-12H,2H2,1H3/t3-,4+,5-,6-,7?,14?/m0/s1. The highest BCUT2D eigenvalue weighted by Crippen LogP contribution is 2.56. The lowest BCUT2D eigenvalue weighted by atomic mass is 10.0. The zero-order valence-electron chi connectivity index (χ0n) is 7.69. The average molecular weight is 226 g/mol. The Morgan fingerprint density at radius 1 is 1.07 bits per heavy atom. The first-order valence-corrected chi connectivity index (χ1v) is 6.53. The molecule has 1 saturated heterocycles. The molecule has 0 aliphatic carbocycles. The molecule has 0 spiro atoms. The van der Waals surface area contributed by atoms with E-state index in [1.807, 2.05) is 0 Å². The van der Waals surface area contributed by atoms with Gasteiger partial charge in [-0.2, -0.15) is 0 Å². The number of rotatable bonds is 1. The fraction of sp³-hybridized carbons (Fsp3) is 1.00. The third-order valence-electron chi connectivity index (χ3n) is 2.77. The van der Waals surface area contributed by atoms with Crippen molar-refractivity contribution in [3.05, 3.63) is 0 Å². The van der Waals surface area contributed by atoms with Crippen molar-refractivity contribution in [2.24, 2.45) is 0 Å². The molecule has 6 nitrogen and oxygen atoms in total. The molecule has 6 atom stereocenters. The van der Waals surface area contributed by atoms with Crippen LogP contribution in [0.1, 0.15) is 0 Å². The van der Waals surface area contributed by atoms with E-state index in [4.69, 9.17) is 5.11 Å². The van der Waals surface area contributed by atoms with Crippen molar-refractivity contribution in [2.45, 2.75) is 29.8 Å². The Bertz CT molecular complexity index is 257. The highest BCUT2D eigenvalue weighted by atomic mass is 31.2. The van der Waals surface area contributed by atoms with Crippen molar-refractivity contribution in [1.29, 1.82) is 0 Å². The van der Waals surface area contributed by atoms with Gasteiger partial charge in [0.15, 0.2) is 0 Å². The summed E-state index contributed by atoms with van der Waals surface area (Å²) in [6.07, 6.45) is -4.69. The van der Waals surface area contributed by atoms with E-state index in [0.29, 0.717) is 0 Å². The molecule has 0 aromatic carbocycles. The monoisotopic (exact) mass is 226 g/mol. The van der Waals surface area contributed by atoms with Gasteiger partial charge in [-0.1, -0.05) is 0 Å². The first-order chi connectivity index (χ1) is 6.34. The molecular weight excluding hydrogens is 211 g/mol. The molecule has 14 heavy (non-hydrogen) atoms. The molecule has 0 saturated carbocycles. The van der Waals surface area contributed by atoms with Gasteiger partial charge in [0.25, 0.3) is 0 Å². The van der Waals surface area contributed by atoms with Crippen LogP contribution in [-0.2, 0) is 4.57 Å². The summed E-state index contributed by atoms with van der Waals surface area (Å²) in [5.41, 5.74) is -1.09. The van der Waals surface area contributed by atoms with E-state index in [2.05, 4.69) is 0 Å². The van der Waals surface area contributed by atoms with E-state index in [9.17, 15) is 25.0 Å². The molecule has 1 heterocycles.